The van der Waals surface area contributed by atoms with Gasteiger partial charge in [-0.15, -0.1) is 0 Å². The number of para-hydroxylation sites is 1. The molecule has 0 bridgehead atoms. The number of rotatable bonds is 2. The van der Waals surface area contributed by atoms with Gasteiger partial charge in [-0.2, -0.15) is 0 Å². The van der Waals surface area contributed by atoms with Crippen molar-refractivity contribution in [3.8, 4) is 0 Å². The van der Waals surface area contributed by atoms with Gasteiger partial charge < -0.3 is 11.1 Å². The molecule has 2 aromatic rings. The molecule has 3 N–H and O–H groups in total. The number of anilines is 2. The van der Waals surface area contributed by atoms with Crippen LogP contribution in [0.3, 0.4) is 0 Å². The zero-order valence-electron chi connectivity index (χ0n) is 9.91. The van der Waals surface area contributed by atoms with Gasteiger partial charge in [0, 0.05) is 5.56 Å². The van der Waals surface area contributed by atoms with Crippen LogP contribution in [0.15, 0.2) is 42.5 Å². The van der Waals surface area contributed by atoms with Crippen molar-refractivity contribution in [2.24, 2.45) is 0 Å². The Morgan fingerprint density at radius 2 is 1.83 bits per heavy atom. The van der Waals surface area contributed by atoms with Gasteiger partial charge in [-0.3, -0.25) is 4.79 Å². The molecule has 0 heterocycles. The summed E-state index contributed by atoms with van der Waals surface area (Å²) in [5.41, 5.74) is 8.16. The van der Waals surface area contributed by atoms with E-state index in [1.54, 1.807) is 6.07 Å². The summed E-state index contributed by atoms with van der Waals surface area (Å²) in [5.74, 6) is -0.682. The number of hydrogen-bond acceptors (Lipinski definition) is 2. The number of hydrogen-bond donors (Lipinski definition) is 2. The van der Waals surface area contributed by atoms with Crippen molar-refractivity contribution in [1.82, 2.24) is 0 Å². The Hall–Kier alpha value is -2.36. The summed E-state index contributed by atoms with van der Waals surface area (Å²) in [5, 5.41) is 2.73. The Morgan fingerprint density at radius 3 is 2.44 bits per heavy atom. The molecule has 0 spiro atoms. The summed E-state index contributed by atoms with van der Waals surface area (Å²) in [6, 6.07) is 10.7. The summed E-state index contributed by atoms with van der Waals surface area (Å²) >= 11 is 0. The molecular weight excluding hydrogens is 231 g/mol. The number of carbonyl (C=O) groups is 1. The third-order valence-corrected chi connectivity index (χ3v) is 2.65. The molecule has 2 rings (SSSR count). The molecule has 0 aliphatic carbocycles. The second kappa shape index (κ2) is 4.87. The maximum atomic E-state index is 12.8. The number of nitrogen functional groups attached to an aromatic ring is 1. The minimum Gasteiger partial charge on any atom is -0.397 e. The summed E-state index contributed by atoms with van der Waals surface area (Å²) in [6.07, 6.45) is 0. The number of carbonyl (C=O) groups excluding carboxylic acids is 1. The smallest absolute Gasteiger partial charge is 0.255 e. The van der Waals surface area contributed by atoms with Crippen LogP contribution in [0.5, 0.6) is 0 Å². The summed E-state index contributed by atoms with van der Waals surface area (Å²) in [4.78, 5) is 11.9. The standard InChI is InChI=1S/C14H13FN2O/c1-9-3-2-4-12(16)13(9)17-14(18)10-5-7-11(15)8-6-10/h2-8H,16H2,1H3,(H,17,18). The van der Waals surface area contributed by atoms with E-state index in [9.17, 15) is 9.18 Å². The Kier molecular flexibility index (Phi) is 3.28. The van der Waals surface area contributed by atoms with E-state index in [1.165, 1.54) is 24.3 Å². The highest BCUT2D eigenvalue weighted by Gasteiger charge is 2.09. The zero-order chi connectivity index (χ0) is 13.1. The van der Waals surface area contributed by atoms with E-state index in [0.29, 0.717) is 16.9 Å². The maximum Gasteiger partial charge on any atom is 0.255 e. The Morgan fingerprint density at radius 1 is 1.17 bits per heavy atom. The van der Waals surface area contributed by atoms with E-state index in [0.717, 1.165) is 5.56 Å². The van der Waals surface area contributed by atoms with Crippen molar-refractivity contribution >= 4 is 17.3 Å². The molecule has 0 aliphatic rings. The second-order valence-corrected chi connectivity index (χ2v) is 4.00. The molecule has 0 unspecified atom stereocenters. The van der Waals surface area contributed by atoms with Crippen LogP contribution in [0.4, 0.5) is 15.8 Å². The lowest BCUT2D eigenvalue weighted by Crippen LogP contribution is -2.14. The van der Waals surface area contributed by atoms with Gasteiger partial charge in [0.05, 0.1) is 11.4 Å². The van der Waals surface area contributed by atoms with Gasteiger partial charge in [-0.1, -0.05) is 12.1 Å². The van der Waals surface area contributed by atoms with Crippen molar-refractivity contribution < 1.29 is 9.18 Å². The highest BCUT2D eigenvalue weighted by atomic mass is 19.1. The van der Waals surface area contributed by atoms with Crippen LogP contribution in [0.1, 0.15) is 15.9 Å². The lowest BCUT2D eigenvalue weighted by Gasteiger charge is -2.11. The average molecular weight is 244 g/mol. The zero-order valence-corrected chi connectivity index (χ0v) is 9.91. The summed E-state index contributed by atoms with van der Waals surface area (Å²) in [6.45, 7) is 1.86. The fourth-order valence-electron chi connectivity index (χ4n) is 1.65. The van der Waals surface area contributed by atoms with E-state index < -0.39 is 0 Å². The first-order chi connectivity index (χ1) is 8.58. The largest absolute Gasteiger partial charge is 0.397 e. The van der Waals surface area contributed by atoms with Gasteiger partial charge in [0.2, 0.25) is 0 Å². The first-order valence-electron chi connectivity index (χ1n) is 5.50. The molecule has 0 fully saturated rings. The number of nitrogens with one attached hydrogen (secondary N) is 1. The number of halogens is 1. The van der Waals surface area contributed by atoms with Gasteiger partial charge >= 0.3 is 0 Å². The van der Waals surface area contributed by atoms with Gasteiger partial charge in [-0.05, 0) is 42.8 Å². The third kappa shape index (κ3) is 2.48. The molecule has 3 nitrogen and oxygen atoms in total. The first kappa shape index (κ1) is 12.1. The molecule has 0 radical (unpaired) electrons. The molecule has 0 saturated heterocycles. The van der Waals surface area contributed by atoms with Crippen LogP contribution >= 0.6 is 0 Å². The van der Waals surface area contributed by atoms with Crippen LogP contribution in [-0.4, -0.2) is 5.91 Å². The fraction of sp³-hybridized carbons (Fsp3) is 0.0714. The van der Waals surface area contributed by atoms with E-state index in [4.69, 9.17) is 5.73 Å². The van der Waals surface area contributed by atoms with E-state index in [-0.39, 0.29) is 11.7 Å². The third-order valence-electron chi connectivity index (χ3n) is 2.65. The van der Waals surface area contributed by atoms with Gasteiger partial charge in [0.1, 0.15) is 5.82 Å². The van der Waals surface area contributed by atoms with Gasteiger partial charge in [0.25, 0.3) is 5.91 Å². The van der Waals surface area contributed by atoms with Crippen LogP contribution in [0.2, 0.25) is 0 Å². The fourth-order valence-corrected chi connectivity index (χ4v) is 1.65. The predicted molar refractivity (Wildman–Crippen MR) is 69.9 cm³/mol. The van der Waals surface area contributed by atoms with E-state index >= 15 is 0 Å². The number of nitrogens with two attached hydrogens (primary N) is 1. The first-order valence-corrected chi connectivity index (χ1v) is 5.50. The molecule has 0 aromatic heterocycles. The molecule has 18 heavy (non-hydrogen) atoms. The van der Waals surface area contributed by atoms with Crippen LogP contribution in [0, 0.1) is 12.7 Å². The van der Waals surface area contributed by atoms with E-state index in [1.807, 2.05) is 19.1 Å². The quantitative estimate of drug-likeness (QED) is 0.798. The number of benzene rings is 2. The normalized spacial score (nSPS) is 10.1. The van der Waals surface area contributed by atoms with E-state index in [2.05, 4.69) is 5.32 Å². The topological polar surface area (TPSA) is 55.1 Å². The molecule has 1 amide bonds. The predicted octanol–water partition coefficient (Wildman–Crippen LogP) is 2.97. The Balaban J connectivity index is 2.24. The van der Waals surface area contributed by atoms with Crippen molar-refractivity contribution in [2.75, 3.05) is 11.1 Å². The van der Waals surface area contributed by atoms with Crippen molar-refractivity contribution in [1.29, 1.82) is 0 Å². The Bertz CT molecular complexity index is 559. The second-order valence-electron chi connectivity index (χ2n) is 4.00. The molecule has 0 atom stereocenters. The highest BCUT2D eigenvalue weighted by molar-refractivity contribution is 6.06. The number of aryl methyl sites for hydroxylation is 1. The van der Waals surface area contributed by atoms with Gasteiger partial charge in [0.15, 0.2) is 0 Å². The van der Waals surface area contributed by atoms with Crippen molar-refractivity contribution in [3.63, 3.8) is 0 Å². The molecular formula is C14H13FN2O. The lowest BCUT2D eigenvalue weighted by molar-refractivity contribution is 0.102. The van der Waals surface area contributed by atoms with Crippen LogP contribution < -0.4 is 11.1 Å². The summed E-state index contributed by atoms with van der Waals surface area (Å²) in [7, 11) is 0. The van der Waals surface area contributed by atoms with Crippen molar-refractivity contribution in [3.05, 3.63) is 59.4 Å². The summed E-state index contributed by atoms with van der Waals surface area (Å²) < 4.78 is 12.8. The Labute approximate surface area is 104 Å². The molecule has 4 heteroatoms. The average Bonchev–Trinajstić information content (AvgIpc) is 2.34. The SMILES string of the molecule is Cc1cccc(N)c1NC(=O)c1ccc(F)cc1. The number of amides is 1. The molecule has 2 aromatic carbocycles. The molecule has 0 aliphatic heterocycles. The monoisotopic (exact) mass is 244 g/mol. The minimum atomic E-state index is -0.373. The minimum absolute atomic E-state index is 0.309. The van der Waals surface area contributed by atoms with Crippen LogP contribution in [0.25, 0.3) is 0 Å². The molecule has 92 valence electrons. The molecule has 0 saturated carbocycles. The van der Waals surface area contributed by atoms with Gasteiger partial charge in [-0.25, -0.2) is 4.39 Å². The maximum absolute atomic E-state index is 12.8. The lowest BCUT2D eigenvalue weighted by atomic mass is 10.1. The van der Waals surface area contributed by atoms with Crippen molar-refractivity contribution in [2.45, 2.75) is 6.92 Å². The highest BCUT2D eigenvalue weighted by Crippen LogP contribution is 2.23. The van der Waals surface area contributed by atoms with Crippen LogP contribution in [-0.2, 0) is 0 Å².